The molecule has 0 aliphatic heterocycles. The van der Waals surface area contributed by atoms with E-state index in [0.717, 1.165) is 70.6 Å². The molecule has 6 nitrogen and oxygen atoms in total. The van der Waals surface area contributed by atoms with Crippen molar-refractivity contribution in [2.75, 3.05) is 13.2 Å². The molecule has 0 heterocycles. The maximum Gasteiger partial charge on any atom is 0.306 e. The molecule has 0 saturated carbocycles. The number of hydrogen-bond acceptors (Lipinski definition) is 6. The van der Waals surface area contributed by atoms with Crippen LogP contribution in [0.3, 0.4) is 0 Å². The molecular weight excluding hydrogens is 901 g/mol. The van der Waals surface area contributed by atoms with Crippen molar-refractivity contribution in [1.82, 2.24) is 0 Å². The van der Waals surface area contributed by atoms with Crippen LogP contribution in [0.25, 0.3) is 0 Å². The zero-order valence-electron chi connectivity index (χ0n) is 49.2. The van der Waals surface area contributed by atoms with E-state index >= 15 is 0 Å². The van der Waals surface area contributed by atoms with Crippen molar-refractivity contribution in [3.63, 3.8) is 0 Å². The molecule has 0 aromatic heterocycles. The van der Waals surface area contributed by atoms with Gasteiger partial charge in [0, 0.05) is 19.3 Å². The van der Waals surface area contributed by atoms with E-state index in [1.807, 2.05) is 0 Å². The van der Waals surface area contributed by atoms with E-state index in [9.17, 15) is 14.4 Å². The summed E-state index contributed by atoms with van der Waals surface area (Å²) in [5.74, 6) is -0.856. The van der Waals surface area contributed by atoms with Gasteiger partial charge in [0.25, 0.3) is 0 Å². The lowest BCUT2D eigenvalue weighted by Gasteiger charge is -2.18. The van der Waals surface area contributed by atoms with Crippen LogP contribution in [0.2, 0.25) is 0 Å². The molecule has 0 amide bonds. The minimum atomic E-state index is -0.774. The second kappa shape index (κ2) is 62.2. The second-order valence-corrected chi connectivity index (χ2v) is 22.0. The first-order chi connectivity index (χ1) is 36.0. The molecular formula is C67H124O6. The quantitative estimate of drug-likeness (QED) is 0.0261. The molecule has 0 N–H and O–H groups in total. The lowest BCUT2D eigenvalue weighted by atomic mass is 10.0. The van der Waals surface area contributed by atoms with E-state index in [1.165, 1.54) is 244 Å². The largest absolute Gasteiger partial charge is 0.462 e. The van der Waals surface area contributed by atoms with E-state index in [4.69, 9.17) is 14.2 Å². The van der Waals surface area contributed by atoms with Crippen LogP contribution in [0.1, 0.15) is 355 Å². The Morgan fingerprint density at radius 3 is 0.767 bits per heavy atom. The van der Waals surface area contributed by atoms with Crippen molar-refractivity contribution in [2.45, 2.75) is 361 Å². The number of unbranched alkanes of at least 4 members (excludes halogenated alkanes) is 43. The standard InChI is InChI=1S/C67H124O6/c1-4-7-10-13-16-19-22-25-28-29-30-31-32-33-34-35-36-37-40-42-45-48-51-54-57-60-66(69)72-63-64(73-67(70)61-58-55-52-49-46-43-39-27-24-21-18-15-12-9-6-3)62-71-65(68)59-56-53-50-47-44-41-38-26-23-20-17-14-11-8-5-2/h22,25,27,29-30,39,64H,4-21,23-24,26,28,31-38,40-63H2,1-3H3/b25-22-,30-29-,39-27-. The predicted molar refractivity (Wildman–Crippen MR) is 316 cm³/mol. The topological polar surface area (TPSA) is 78.9 Å². The Morgan fingerprint density at radius 2 is 0.493 bits per heavy atom. The van der Waals surface area contributed by atoms with Gasteiger partial charge in [-0.05, 0) is 77.0 Å². The molecule has 1 atom stereocenters. The summed E-state index contributed by atoms with van der Waals surface area (Å²) in [5, 5.41) is 0. The smallest absolute Gasteiger partial charge is 0.306 e. The van der Waals surface area contributed by atoms with Gasteiger partial charge in [-0.15, -0.1) is 0 Å². The molecule has 0 aliphatic rings. The van der Waals surface area contributed by atoms with Crippen molar-refractivity contribution in [2.24, 2.45) is 0 Å². The molecule has 0 spiro atoms. The lowest BCUT2D eigenvalue weighted by molar-refractivity contribution is -0.167. The molecule has 0 rings (SSSR count). The minimum Gasteiger partial charge on any atom is -0.462 e. The Balaban J connectivity index is 4.26. The molecule has 0 aromatic carbocycles. The molecule has 0 aliphatic carbocycles. The average Bonchev–Trinajstić information content (AvgIpc) is 3.39. The number of hydrogen-bond donors (Lipinski definition) is 0. The average molecular weight is 1030 g/mol. The fourth-order valence-electron chi connectivity index (χ4n) is 9.71. The summed E-state index contributed by atoms with van der Waals surface area (Å²) in [6, 6.07) is 0. The van der Waals surface area contributed by atoms with Crippen LogP contribution in [-0.2, 0) is 28.6 Å². The second-order valence-electron chi connectivity index (χ2n) is 22.0. The van der Waals surface area contributed by atoms with Crippen molar-refractivity contribution in [3.8, 4) is 0 Å². The van der Waals surface area contributed by atoms with Crippen LogP contribution in [-0.4, -0.2) is 37.2 Å². The van der Waals surface area contributed by atoms with E-state index in [-0.39, 0.29) is 31.1 Å². The predicted octanol–water partition coefficient (Wildman–Crippen LogP) is 22.0. The molecule has 0 aromatic rings. The first kappa shape index (κ1) is 70.6. The Kier molecular flexibility index (Phi) is 60.2. The molecule has 0 bridgehead atoms. The van der Waals surface area contributed by atoms with E-state index in [0.29, 0.717) is 19.3 Å². The Morgan fingerprint density at radius 1 is 0.274 bits per heavy atom. The monoisotopic (exact) mass is 1020 g/mol. The van der Waals surface area contributed by atoms with Crippen LogP contribution >= 0.6 is 0 Å². The maximum atomic E-state index is 12.9. The molecule has 6 heteroatoms. The van der Waals surface area contributed by atoms with Crippen molar-refractivity contribution in [1.29, 1.82) is 0 Å². The summed E-state index contributed by atoms with van der Waals surface area (Å²) in [4.78, 5) is 38.3. The number of esters is 3. The Bertz CT molecular complexity index is 1220. The number of carbonyl (C=O) groups is 3. The zero-order chi connectivity index (χ0) is 52.9. The summed E-state index contributed by atoms with van der Waals surface area (Å²) >= 11 is 0. The number of rotatable bonds is 60. The van der Waals surface area contributed by atoms with E-state index < -0.39 is 6.10 Å². The number of carbonyl (C=O) groups excluding carboxylic acids is 3. The maximum absolute atomic E-state index is 12.9. The lowest BCUT2D eigenvalue weighted by Crippen LogP contribution is -2.30. The van der Waals surface area contributed by atoms with Crippen LogP contribution in [0.15, 0.2) is 36.5 Å². The number of ether oxygens (including phenoxy) is 3. The highest BCUT2D eigenvalue weighted by atomic mass is 16.6. The first-order valence-corrected chi connectivity index (χ1v) is 32.5. The third-order valence-corrected chi connectivity index (χ3v) is 14.6. The van der Waals surface area contributed by atoms with Crippen molar-refractivity contribution in [3.05, 3.63) is 36.5 Å². The highest BCUT2D eigenvalue weighted by Gasteiger charge is 2.19. The Hall–Kier alpha value is -2.37. The van der Waals surface area contributed by atoms with Gasteiger partial charge in [-0.2, -0.15) is 0 Å². The van der Waals surface area contributed by atoms with Gasteiger partial charge in [-0.25, -0.2) is 0 Å². The molecule has 0 radical (unpaired) electrons. The molecule has 0 fully saturated rings. The summed E-state index contributed by atoms with van der Waals surface area (Å²) in [6.45, 7) is 6.68. The van der Waals surface area contributed by atoms with Crippen LogP contribution in [0, 0.1) is 0 Å². The third-order valence-electron chi connectivity index (χ3n) is 14.6. The van der Waals surface area contributed by atoms with Gasteiger partial charge in [0.2, 0.25) is 0 Å². The summed E-state index contributed by atoms with van der Waals surface area (Å²) < 4.78 is 16.9. The van der Waals surface area contributed by atoms with E-state index in [2.05, 4.69) is 57.2 Å². The van der Waals surface area contributed by atoms with Crippen LogP contribution in [0.5, 0.6) is 0 Å². The molecule has 0 saturated heterocycles. The third kappa shape index (κ3) is 60.4. The zero-order valence-corrected chi connectivity index (χ0v) is 49.2. The van der Waals surface area contributed by atoms with Crippen LogP contribution < -0.4 is 0 Å². The first-order valence-electron chi connectivity index (χ1n) is 32.5. The molecule has 73 heavy (non-hydrogen) atoms. The molecule has 428 valence electrons. The minimum absolute atomic E-state index is 0.0708. The highest BCUT2D eigenvalue weighted by Crippen LogP contribution is 2.17. The van der Waals surface area contributed by atoms with Crippen molar-refractivity contribution < 1.29 is 28.6 Å². The van der Waals surface area contributed by atoms with Crippen molar-refractivity contribution >= 4 is 17.9 Å². The fraction of sp³-hybridized carbons (Fsp3) is 0.866. The van der Waals surface area contributed by atoms with E-state index in [1.54, 1.807) is 0 Å². The SMILES string of the molecule is CCCCCCC/C=C\C/C=C\CCCCCCCCCCCCCCCC(=O)OCC(COC(=O)CCCCCCCCCCCCCCCCC)OC(=O)CCCCCCC/C=C\CCCCCCCC. The van der Waals surface area contributed by atoms with Crippen LogP contribution in [0.4, 0.5) is 0 Å². The van der Waals surface area contributed by atoms with Gasteiger partial charge < -0.3 is 14.2 Å². The highest BCUT2D eigenvalue weighted by molar-refractivity contribution is 5.71. The molecule has 1 unspecified atom stereocenters. The van der Waals surface area contributed by atoms with Gasteiger partial charge in [0.05, 0.1) is 0 Å². The van der Waals surface area contributed by atoms with Gasteiger partial charge in [0.15, 0.2) is 6.10 Å². The van der Waals surface area contributed by atoms with Gasteiger partial charge in [-0.1, -0.05) is 295 Å². The summed E-state index contributed by atoms with van der Waals surface area (Å²) in [6.07, 6.45) is 75.8. The van der Waals surface area contributed by atoms with Gasteiger partial charge >= 0.3 is 17.9 Å². The summed E-state index contributed by atoms with van der Waals surface area (Å²) in [5.41, 5.74) is 0. The fourth-order valence-corrected chi connectivity index (χ4v) is 9.71. The summed E-state index contributed by atoms with van der Waals surface area (Å²) in [7, 11) is 0. The Labute approximate surface area is 455 Å². The van der Waals surface area contributed by atoms with Gasteiger partial charge in [0.1, 0.15) is 13.2 Å². The van der Waals surface area contributed by atoms with Gasteiger partial charge in [-0.3, -0.25) is 14.4 Å². The number of allylic oxidation sites excluding steroid dienone is 6. The normalized spacial score (nSPS) is 12.2.